The fourth-order valence-electron chi connectivity index (χ4n) is 1.79. The first-order chi connectivity index (χ1) is 5.20. The molecule has 0 aromatic carbocycles. The zero-order valence-electron chi connectivity index (χ0n) is 8.06. The van der Waals surface area contributed by atoms with Crippen LogP contribution in [0.3, 0.4) is 0 Å². The van der Waals surface area contributed by atoms with Crippen molar-refractivity contribution in [3.63, 3.8) is 0 Å². The Morgan fingerprint density at radius 1 is 1.18 bits per heavy atom. The van der Waals surface area contributed by atoms with Gasteiger partial charge in [0, 0.05) is 6.04 Å². The van der Waals surface area contributed by atoms with Crippen molar-refractivity contribution in [1.82, 2.24) is 5.32 Å². The normalized spacial score (nSPS) is 33.8. The van der Waals surface area contributed by atoms with Gasteiger partial charge in [-0.1, -0.05) is 20.8 Å². The second-order valence-electron chi connectivity index (χ2n) is 4.28. The molecule has 1 fully saturated rings. The van der Waals surface area contributed by atoms with E-state index in [-0.39, 0.29) is 0 Å². The molecule has 0 amide bonds. The quantitative estimate of drug-likeness (QED) is 0.613. The third-order valence-electron chi connectivity index (χ3n) is 2.82. The van der Waals surface area contributed by atoms with Crippen LogP contribution in [0.5, 0.6) is 0 Å². The van der Waals surface area contributed by atoms with Crippen molar-refractivity contribution in [1.29, 1.82) is 0 Å². The van der Waals surface area contributed by atoms with Crippen LogP contribution < -0.4 is 5.32 Å². The molecule has 0 aliphatic carbocycles. The Bertz CT molecular complexity index is 109. The number of rotatable bonds is 1. The zero-order valence-corrected chi connectivity index (χ0v) is 8.06. The highest BCUT2D eigenvalue weighted by Crippen LogP contribution is 2.18. The minimum Gasteiger partial charge on any atom is -0.314 e. The summed E-state index contributed by atoms with van der Waals surface area (Å²) in [5, 5.41) is 3.61. The second kappa shape index (κ2) is 4.10. The Labute approximate surface area is 70.6 Å². The molecule has 0 bridgehead atoms. The van der Waals surface area contributed by atoms with Crippen molar-refractivity contribution in [2.24, 2.45) is 11.8 Å². The molecule has 0 saturated carbocycles. The third kappa shape index (κ3) is 2.82. The molecule has 0 aromatic rings. The molecule has 2 atom stereocenters. The molecule has 1 aliphatic rings. The Kier molecular flexibility index (Phi) is 3.38. The molecule has 1 nitrogen and oxygen atoms in total. The molecular formula is C10H21N. The molecule has 0 spiro atoms. The highest BCUT2D eigenvalue weighted by atomic mass is 14.9. The van der Waals surface area contributed by atoms with Gasteiger partial charge in [0.25, 0.3) is 0 Å². The van der Waals surface area contributed by atoms with E-state index in [1.165, 1.54) is 25.8 Å². The van der Waals surface area contributed by atoms with E-state index in [2.05, 4.69) is 26.1 Å². The zero-order chi connectivity index (χ0) is 8.27. The predicted octanol–water partition coefficient (Wildman–Crippen LogP) is 2.42. The topological polar surface area (TPSA) is 12.0 Å². The summed E-state index contributed by atoms with van der Waals surface area (Å²) in [6, 6.07) is 0.778. The first kappa shape index (κ1) is 9.05. The molecule has 1 heterocycles. The van der Waals surface area contributed by atoms with Crippen LogP contribution in [0.2, 0.25) is 0 Å². The summed E-state index contributed by atoms with van der Waals surface area (Å²) in [5.41, 5.74) is 0. The van der Waals surface area contributed by atoms with Crippen molar-refractivity contribution in [3.05, 3.63) is 0 Å². The Morgan fingerprint density at radius 2 is 1.91 bits per heavy atom. The van der Waals surface area contributed by atoms with Gasteiger partial charge in [-0.15, -0.1) is 0 Å². The van der Waals surface area contributed by atoms with Crippen LogP contribution in [0, 0.1) is 11.8 Å². The molecule has 66 valence electrons. The average Bonchev–Trinajstić information content (AvgIpc) is 2.13. The van der Waals surface area contributed by atoms with Crippen LogP contribution in [-0.4, -0.2) is 12.6 Å². The monoisotopic (exact) mass is 155 g/mol. The average molecular weight is 155 g/mol. The Hall–Kier alpha value is -0.0400. The maximum absolute atomic E-state index is 3.61. The van der Waals surface area contributed by atoms with Crippen molar-refractivity contribution in [2.75, 3.05) is 6.54 Å². The molecule has 1 rings (SSSR count). The standard InChI is InChI=1S/C10H21N/c1-8(2)10-5-4-9(3)6-7-11-10/h8-11H,4-7H2,1-3H3/t9-,10-/m1/s1. The van der Waals surface area contributed by atoms with Gasteiger partial charge in [0.1, 0.15) is 0 Å². The highest BCUT2D eigenvalue weighted by Gasteiger charge is 2.17. The van der Waals surface area contributed by atoms with Gasteiger partial charge >= 0.3 is 0 Å². The van der Waals surface area contributed by atoms with Crippen LogP contribution >= 0.6 is 0 Å². The van der Waals surface area contributed by atoms with Gasteiger partial charge in [-0.05, 0) is 37.6 Å². The molecule has 0 aromatic heterocycles. The summed E-state index contributed by atoms with van der Waals surface area (Å²) in [5.74, 6) is 1.74. The molecule has 1 heteroatoms. The molecule has 11 heavy (non-hydrogen) atoms. The first-order valence-corrected chi connectivity index (χ1v) is 4.93. The summed E-state index contributed by atoms with van der Waals surface area (Å²) in [6.07, 6.45) is 4.15. The van der Waals surface area contributed by atoms with Crippen molar-refractivity contribution < 1.29 is 0 Å². The van der Waals surface area contributed by atoms with Crippen molar-refractivity contribution in [3.8, 4) is 0 Å². The molecule has 0 radical (unpaired) electrons. The van der Waals surface area contributed by atoms with E-state index in [0.29, 0.717) is 0 Å². The fraction of sp³-hybridized carbons (Fsp3) is 1.00. The summed E-state index contributed by atoms with van der Waals surface area (Å²) < 4.78 is 0. The first-order valence-electron chi connectivity index (χ1n) is 4.93. The van der Waals surface area contributed by atoms with E-state index < -0.39 is 0 Å². The summed E-state index contributed by atoms with van der Waals surface area (Å²) >= 11 is 0. The summed E-state index contributed by atoms with van der Waals surface area (Å²) in [4.78, 5) is 0. The van der Waals surface area contributed by atoms with Crippen LogP contribution in [0.15, 0.2) is 0 Å². The maximum Gasteiger partial charge on any atom is 0.00901 e. The van der Waals surface area contributed by atoms with Gasteiger partial charge in [0.05, 0.1) is 0 Å². The smallest absolute Gasteiger partial charge is 0.00901 e. The second-order valence-corrected chi connectivity index (χ2v) is 4.28. The highest BCUT2D eigenvalue weighted by molar-refractivity contribution is 4.75. The van der Waals surface area contributed by atoms with Gasteiger partial charge in [-0.2, -0.15) is 0 Å². The molecule has 1 aliphatic heterocycles. The van der Waals surface area contributed by atoms with Crippen molar-refractivity contribution in [2.45, 2.75) is 46.1 Å². The van der Waals surface area contributed by atoms with Gasteiger partial charge in [0.2, 0.25) is 0 Å². The molecular weight excluding hydrogens is 134 g/mol. The van der Waals surface area contributed by atoms with E-state index in [4.69, 9.17) is 0 Å². The maximum atomic E-state index is 3.61. The lowest BCUT2D eigenvalue weighted by Crippen LogP contribution is -2.32. The lowest BCUT2D eigenvalue weighted by molar-refractivity contribution is 0.390. The number of hydrogen-bond donors (Lipinski definition) is 1. The van der Waals surface area contributed by atoms with E-state index in [9.17, 15) is 0 Å². The molecule has 1 N–H and O–H groups in total. The number of hydrogen-bond acceptors (Lipinski definition) is 1. The van der Waals surface area contributed by atoms with Gasteiger partial charge in [-0.25, -0.2) is 0 Å². The van der Waals surface area contributed by atoms with Crippen LogP contribution in [0.25, 0.3) is 0 Å². The molecule has 1 saturated heterocycles. The van der Waals surface area contributed by atoms with Crippen LogP contribution in [0.4, 0.5) is 0 Å². The Balaban J connectivity index is 2.34. The largest absolute Gasteiger partial charge is 0.314 e. The number of nitrogens with one attached hydrogen (secondary N) is 1. The van der Waals surface area contributed by atoms with Gasteiger partial charge in [-0.3, -0.25) is 0 Å². The fourth-order valence-corrected chi connectivity index (χ4v) is 1.79. The lowest BCUT2D eigenvalue weighted by Gasteiger charge is -2.19. The van der Waals surface area contributed by atoms with E-state index in [0.717, 1.165) is 17.9 Å². The third-order valence-corrected chi connectivity index (χ3v) is 2.82. The van der Waals surface area contributed by atoms with Gasteiger partial charge in [0.15, 0.2) is 0 Å². The summed E-state index contributed by atoms with van der Waals surface area (Å²) in [6.45, 7) is 8.22. The lowest BCUT2D eigenvalue weighted by atomic mass is 9.96. The minimum atomic E-state index is 0.778. The Morgan fingerprint density at radius 3 is 2.55 bits per heavy atom. The van der Waals surface area contributed by atoms with E-state index in [1.54, 1.807) is 0 Å². The van der Waals surface area contributed by atoms with Crippen LogP contribution in [-0.2, 0) is 0 Å². The molecule has 0 unspecified atom stereocenters. The van der Waals surface area contributed by atoms with Crippen molar-refractivity contribution >= 4 is 0 Å². The van der Waals surface area contributed by atoms with Gasteiger partial charge < -0.3 is 5.32 Å². The minimum absolute atomic E-state index is 0.778. The predicted molar refractivity (Wildman–Crippen MR) is 49.6 cm³/mol. The van der Waals surface area contributed by atoms with E-state index in [1.807, 2.05) is 0 Å². The summed E-state index contributed by atoms with van der Waals surface area (Å²) in [7, 11) is 0. The van der Waals surface area contributed by atoms with Crippen LogP contribution in [0.1, 0.15) is 40.0 Å². The SMILES string of the molecule is CC(C)[C@H]1CC[C@@H](C)CCN1. The van der Waals surface area contributed by atoms with E-state index >= 15 is 0 Å².